The summed E-state index contributed by atoms with van der Waals surface area (Å²) in [6.45, 7) is 9.67. The molecule has 0 spiro atoms. The predicted octanol–water partition coefficient (Wildman–Crippen LogP) is 3.18. The molecule has 5 atom stereocenters. The van der Waals surface area contributed by atoms with Crippen LogP contribution in [0, 0.1) is 35.5 Å². The summed E-state index contributed by atoms with van der Waals surface area (Å²) in [6.07, 6.45) is 1.52. The SMILES string of the molecule is CC(C)C1C(C)C2CC(C)C21. The second-order valence-corrected chi connectivity index (χ2v) is 5.13. The molecule has 0 nitrogen and oxygen atoms in total. The molecule has 64 valence electrons. The van der Waals surface area contributed by atoms with Crippen LogP contribution in [0.1, 0.15) is 34.1 Å². The van der Waals surface area contributed by atoms with Gasteiger partial charge in [-0.05, 0) is 41.9 Å². The molecule has 0 aromatic rings. The van der Waals surface area contributed by atoms with Crippen LogP contribution in [0.5, 0.6) is 0 Å². The van der Waals surface area contributed by atoms with Crippen molar-refractivity contribution in [3.63, 3.8) is 0 Å². The Hall–Kier alpha value is 0. The molecule has 0 heterocycles. The lowest BCUT2D eigenvalue weighted by Gasteiger charge is -2.64. The van der Waals surface area contributed by atoms with Crippen molar-refractivity contribution in [2.24, 2.45) is 35.5 Å². The Labute approximate surface area is 70.4 Å². The Morgan fingerprint density at radius 2 is 1.82 bits per heavy atom. The van der Waals surface area contributed by atoms with Crippen molar-refractivity contribution in [2.45, 2.75) is 34.1 Å². The van der Waals surface area contributed by atoms with Gasteiger partial charge in [-0.15, -0.1) is 0 Å². The first-order valence-corrected chi connectivity index (χ1v) is 5.13. The molecule has 0 aromatic carbocycles. The van der Waals surface area contributed by atoms with Crippen molar-refractivity contribution in [1.82, 2.24) is 0 Å². The predicted molar refractivity (Wildman–Crippen MR) is 48.3 cm³/mol. The summed E-state index contributed by atoms with van der Waals surface area (Å²) in [5, 5.41) is 0. The summed E-state index contributed by atoms with van der Waals surface area (Å²) in [4.78, 5) is 0. The molecule has 2 aliphatic carbocycles. The van der Waals surface area contributed by atoms with Gasteiger partial charge in [0.1, 0.15) is 0 Å². The van der Waals surface area contributed by atoms with Gasteiger partial charge in [0.15, 0.2) is 0 Å². The van der Waals surface area contributed by atoms with Gasteiger partial charge in [-0.2, -0.15) is 0 Å². The highest BCUT2D eigenvalue weighted by atomic mass is 14.6. The summed E-state index contributed by atoms with van der Waals surface area (Å²) in [5.41, 5.74) is 0. The minimum atomic E-state index is 0.925. The van der Waals surface area contributed by atoms with Crippen LogP contribution in [0.3, 0.4) is 0 Å². The molecule has 0 radical (unpaired) electrons. The zero-order chi connectivity index (χ0) is 8.17. The Morgan fingerprint density at radius 3 is 2.18 bits per heavy atom. The molecular weight excluding hydrogens is 132 g/mol. The van der Waals surface area contributed by atoms with Crippen molar-refractivity contribution in [3.8, 4) is 0 Å². The minimum absolute atomic E-state index is 0.925. The van der Waals surface area contributed by atoms with Gasteiger partial charge in [0.05, 0.1) is 0 Å². The fraction of sp³-hybridized carbons (Fsp3) is 1.00. The lowest BCUT2D eigenvalue weighted by atomic mass is 9.41. The van der Waals surface area contributed by atoms with Crippen molar-refractivity contribution < 1.29 is 0 Å². The van der Waals surface area contributed by atoms with E-state index in [2.05, 4.69) is 27.7 Å². The van der Waals surface area contributed by atoms with Crippen molar-refractivity contribution >= 4 is 0 Å². The second-order valence-electron chi connectivity index (χ2n) is 5.13. The molecule has 0 N–H and O–H groups in total. The first-order chi connectivity index (χ1) is 5.13. The Kier molecular flexibility index (Phi) is 1.56. The van der Waals surface area contributed by atoms with E-state index in [1.54, 1.807) is 0 Å². The largest absolute Gasteiger partial charge is 0.0625 e. The fourth-order valence-corrected chi connectivity index (χ4v) is 3.74. The van der Waals surface area contributed by atoms with E-state index in [-0.39, 0.29) is 0 Å². The van der Waals surface area contributed by atoms with Crippen molar-refractivity contribution in [1.29, 1.82) is 0 Å². The molecule has 5 unspecified atom stereocenters. The van der Waals surface area contributed by atoms with E-state index in [4.69, 9.17) is 0 Å². The van der Waals surface area contributed by atoms with Gasteiger partial charge in [0, 0.05) is 0 Å². The van der Waals surface area contributed by atoms with E-state index in [1.807, 2.05) is 0 Å². The number of fused-ring (bicyclic) bond motifs is 1. The van der Waals surface area contributed by atoms with E-state index in [0.717, 1.165) is 35.5 Å². The van der Waals surface area contributed by atoms with Gasteiger partial charge in [0.25, 0.3) is 0 Å². The summed E-state index contributed by atoms with van der Waals surface area (Å²) >= 11 is 0. The number of rotatable bonds is 1. The summed E-state index contributed by atoms with van der Waals surface area (Å²) in [6, 6.07) is 0. The van der Waals surface area contributed by atoms with E-state index >= 15 is 0 Å². The van der Waals surface area contributed by atoms with Crippen LogP contribution in [0.15, 0.2) is 0 Å². The second kappa shape index (κ2) is 2.24. The zero-order valence-corrected chi connectivity index (χ0v) is 8.17. The van der Waals surface area contributed by atoms with Crippen molar-refractivity contribution in [2.75, 3.05) is 0 Å². The maximum Gasteiger partial charge on any atom is -0.0324 e. The highest BCUT2D eigenvalue weighted by Gasteiger charge is 2.57. The Balaban J connectivity index is 2.01. The summed E-state index contributed by atoms with van der Waals surface area (Å²) < 4.78 is 0. The van der Waals surface area contributed by atoms with Crippen LogP contribution in [-0.2, 0) is 0 Å². The molecule has 0 bridgehead atoms. The monoisotopic (exact) mass is 152 g/mol. The molecule has 0 saturated heterocycles. The van der Waals surface area contributed by atoms with Gasteiger partial charge in [-0.25, -0.2) is 0 Å². The van der Waals surface area contributed by atoms with Gasteiger partial charge < -0.3 is 0 Å². The third-order valence-corrected chi connectivity index (χ3v) is 4.29. The molecule has 2 aliphatic rings. The fourth-order valence-electron chi connectivity index (χ4n) is 3.74. The maximum atomic E-state index is 2.46. The highest BCUT2D eigenvalue weighted by Crippen LogP contribution is 2.63. The summed E-state index contributed by atoms with van der Waals surface area (Å²) in [5.74, 6) is 6.31. The number of hydrogen-bond donors (Lipinski definition) is 0. The normalized spacial score (nSPS) is 54.8. The molecule has 11 heavy (non-hydrogen) atoms. The average Bonchev–Trinajstić information content (AvgIpc) is 1.92. The first kappa shape index (κ1) is 7.64. The van der Waals surface area contributed by atoms with Crippen LogP contribution in [-0.4, -0.2) is 0 Å². The smallest absolute Gasteiger partial charge is 0.0324 e. The Bertz CT molecular complexity index is 159. The third kappa shape index (κ3) is 0.816. The van der Waals surface area contributed by atoms with Crippen LogP contribution in [0.25, 0.3) is 0 Å². The molecule has 2 fully saturated rings. The molecule has 2 saturated carbocycles. The van der Waals surface area contributed by atoms with Crippen LogP contribution in [0.4, 0.5) is 0 Å². The van der Waals surface area contributed by atoms with Crippen molar-refractivity contribution in [3.05, 3.63) is 0 Å². The van der Waals surface area contributed by atoms with Gasteiger partial charge in [-0.3, -0.25) is 0 Å². The molecular formula is C11H20. The standard InChI is InChI=1S/C11H20/c1-6(2)10-8(4)9-5-7(3)11(9)10/h6-11H,5H2,1-4H3. The molecule has 0 heteroatoms. The highest BCUT2D eigenvalue weighted by molar-refractivity contribution is 5.05. The molecule has 0 aromatic heterocycles. The van der Waals surface area contributed by atoms with E-state index in [0.29, 0.717) is 0 Å². The maximum absolute atomic E-state index is 2.46. The topological polar surface area (TPSA) is 0 Å². The van der Waals surface area contributed by atoms with Crippen LogP contribution in [0.2, 0.25) is 0 Å². The summed E-state index contributed by atoms with van der Waals surface area (Å²) in [7, 11) is 0. The first-order valence-electron chi connectivity index (χ1n) is 5.13. The van der Waals surface area contributed by atoms with Crippen LogP contribution >= 0.6 is 0 Å². The van der Waals surface area contributed by atoms with Crippen LogP contribution < -0.4 is 0 Å². The van der Waals surface area contributed by atoms with Gasteiger partial charge in [0.2, 0.25) is 0 Å². The molecule has 0 amide bonds. The van der Waals surface area contributed by atoms with E-state index < -0.39 is 0 Å². The van der Waals surface area contributed by atoms with Gasteiger partial charge >= 0.3 is 0 Å². The Morgan fingerprint density at radius 1 is 1.18 bits per heavy atom. The third-order valence-electron chi connectivity index (χ3n) is 4.29. The molecule has 0 aliphatic heterocycles. The minimum Gasteiger partial charge on any atom is -0.0625 e. The number of hydrogen-bond acceptors (Lipinski definition) is 0. The molecule has 2 rings (SSSR count). The van der Waals surface area contributed by atoms with E-state index in [9.17, 15) is 0 Å². The van der Waals surface area contributed by atoms with E-state index in [1.165, 1.54) is 6.42 Å². The average molecular weight is 152 g/mol. The zero-order valence-electron chi connectivity index (χ0n) is 8.17. The van der Waals surface area contributed by atoms with Gasteiger partial charge in [-0.1, -0.05) is 27.7 Å². The quantitative estimate of drug-likeness (QED) is 0.541. The lowest BCUT2D eigenvalue weighted by Crippen LogP contribution is -2.58. The lowest BCUT2D eigenvalue weighted by molar-refractivity contribution is -0.156.